The molecule has 1 fully saturated rings. The first kappa shape index (κ1) is 13.2. The van der Waals surface area contributed by atoms with Crippen LogP contribution in [0.3, 0.4) is 0 Å². The van der Waals surface area contributed by atoms with E-state index in [0.29, 0.717) is 11.5 Å². The van der Waals surface area contributed by atoms with Crippen LogP contribution in [0.4, 0.5) is 0 Å². The molecule has 1 aromatic rings. The Hall–Kier alpha value is -1.75. The lowest BCUT2D eigenvalue weighted by atomic mass is 9.63. The average Bonchev–Trinajstić information content (AvgIpc) is 2.46. The van der Waals surface area contributed by atoms with Crippen LogP contribution in [-0.2, 0) is 4.79 Å². The van der Waals surface area contributed by atoms with Crippen LogP contribution in [0, 0.1) is 5.41 Å². The summed E-state index contributed by atoms with van der Waals surface area (Å²) in [5.74, 6) is 1.16. The monoisotopic (exact) mass is 276 g/mol. The summed E-state index contributed by atoms with van der Waals surface area (Å²) in [6.45, 7) is 4.38. The van der Waals surface area contributed by atoms with E-state index >= 15 is 0 Å². The fourth-order valence-electron chi connectivity index (χ4n) is 2.62. The van der Waals surface area contributed by atoms with Gasteiger partial charge in [-0.2, -0.15) is 0 Å². The molecule has 3 unspecified atom stereocenters. The van der Waals surface area contributed by atoms with Gasteiger partial charge in [0.1, 0.15) is 6.61 Å². The summed E-state index contributed by atoms with van der Waals surface area (Å²) in [4.78, 5) is 12.2. The molecule has 0 saturated heterocycles. The van der Waals surface area contributed by atoms with E-state index < -0.39 is 6.10 Å². The zero-order chi connectivity index (χ0) is 14.3. The van der Waals surface area contributed by atoms with E-state index in [0.717, 1.165) is 6.42 Å². The topological polar surface area (TPSA) is 73.6 Å². The molecule has 20 heavy (non-hydrogen) atoms. The third-order valence-electron chi connectivity index (χ3n) is 4.46. The first-order chi connectivity index (χ1) is 9.48. The van der Waals surface area contributed by atoms with E-state index in [-0.39, 0.29) is 30.0 Å². The summed E-state index contributed by atoms with van der Waals surface area (Å²) in [6.07, 6.45) is 0.209. The van der Waals surface area contributed by atoms with Crippen LogP contribution in [0.1, 0.15) is 20.3 Å². The highest BCUT2D eigenvalue weighted by Crippen LogP contribution is 2.39. The molecule has 0 bridgehead atoms. The van der Waals surface area contributed by atoms with Gasteiger partial charge in [0.2, 0.25) is 6.10 Å². The molecule has 1 aliphatic carbocycles. The Morgan fingerprint density at radius 1 is 1.35 bits per heavy atom. The molecule has 108 valence electrons. The highest BCUT2D eigenvalue weighted by Gasteiger charge is 2.47. The van der Waals surface area contributed by atoms with E-state index in [1.165, 1.54) is 0 Å². The van der Waals surface area contributed by atoms with Gasteiger partial charge in [0, 0.05) is 17.5 Å². The van der Waals surface area contributed by atoms with Crippen molar-refractivity contribution in [3.8, 4) is 11.5 Å². The maximum absolute atomic E-state index is 12.2. The molecular weight excluding hydrogens is 256 g/mol. The lowest BCUT2D eigenvalue weighted by Crippen LogP contribution is -2.66. The van der Waals surface area contributed by atoms with Crippen LogP contribution >= 0.6 is 0 Å². The highest BCUT2D eigenvalue weighted by molar-refractivity contribution is 5.82. The van der Waals surface area contributed by atoms with Gasteiger partial charge in [-0.1, -0.05) is 26.0 Å². The lowest BCUT2D eigenvalue weighted by Gasteiger charge is -2.50. The van der Waals surface area contributed by atoms with E-state index in [1.54, 1.807) is 6.07 Å². The van der Waals surface area contributed by atoms with Crippen molar-refractivity contribution in [2.24, 2.45) is 11.1 Å². The Labute approximate surface area is 118 Å². The van der Waals surface area contributed by atoms with E-state index in [1.807, 2.05) is 18.2 Å². The van der Waals surface area contributed by atoms with Crippen molar-refractivity contribution < 1.29 is 14.3 Å². The van der Waals surface area contributed by atoms with Gasteiger partial charge in [-0.3, -0.25) is 4.79 Å². The van der Waals surface area contributed by atoms with Gasteiger partial charge in [-0.05, 0) is 18.6 Å². The minimum atomic E-state index is -0.600. The summed E-state index contributed by atoms with van der Waals surface area (Å²) in [6, 6.07) is 7.61. The number of carbonyl (C=O) groups excluding carboxylic acids is 1. The molecule has 0 radical (unpaired) electrons. The van der Waals surface area contributed by atoms with Gasteiger partial charge in [0.05, 0.1) is 0 Å². The standard InChI is InChI=1S/C15H20N2O3/c1-15(2)12(16)7-13(15)17-14(18)11-8-19-9-5-3-4-6-10(9)20-11/h3-6,11-13H,7-8,16H2,1-2H3,(H,17,18). The molecule has 1 heterocycles. The number of amides is 1. The second-order valence-corrected chi connectivity index (χ2v) is 6.09. The molecule has 3 N–H and O–H groups in total. The minimum Gasteiger partial charge on any atom is -0.485 e. The molecule has 1 aromatic carbocycles. The van der Waals surface area contributed by atoms with E-state index in [9.17, 15) is 4.79 Å². The Bertz CT molecular complexity index is 530. The molecule has 1 amide bonds. The van der Waals surface area contributed by atoms with Gasteiger partial charge < -0.3 is 20.5 Å². The zero-order valence-electron chi connectivity index (χ0n) is 11.8. The largest absolute Gasteiger partial charge is 0.485 e. The number of rotatable bonds is 2. The Morgan fingerprint density at radius 3 is 2.70 bits per heavy atom. The normalized spacial score (nSPS) is 30.2. The minimum absolute atomic E-state index is 0.0664. The van der Waals surface area contributed by atoms with Gasteiger partial charge in [0.25, 0.3) is 5.91 Å². The van der Waals surface area contributed by atoms with Crippen molar-refractivity contribution in [3.05, 3.63) is 24.3 Å². The number of carbonyl (C=O) groups is 1. The summed E-state index contributed by atoms with van der Waals surface area (Å²) in [5, 5.41) is 3.01. The molecule has 0 spiro atoms. The second kappa shape index (κ2) is 4.66. The van der Waals surface area contributed by atoms with Crippen molar-refractivity contribution in [1.82, 2.24) is 5.32 Å². The van der Waals surface area contributed by atoms with Crippen LogP contribution < -0.4 is 20.5 Å². The van der Waals surface area contributed by atoms with Crippen molar-refractivity contribution in [2.45, 2.75) is 38.5 Å². The number of nitrogens with one attached hydrogen (secondary N) is 1. The Morgan fingerprint density at radius 2 is 2.05 bits per heavy atom. The first-order valence-electron chi connectivity index (χ1n) is 6.93. The maximum Gasteiger partial charge on any atom is 0.264 e. The number of ether oxygens (including phenoxy) is 2. The first-order valence-corrected chi connectivity index (χ1v) is 6.93. The number of fused-ring (bicyclic) bond motifs is 1. The van der Waals surface area contributed by atoms with Gasteiger partial charge in [0.15, 0.2) is 11.5 Å². The molecule has 2 aliphatic rings. The number of nitrogens with two attached hydrogens (primary N) is 1. The Kier molecular flexibility index (Phi) is 3.09. The van der Waals surface area contributed by atoms with Crippen molar-refractivity contribution >= 4 is 5.91 Å². The smallest absolute Gasteiger partial charge is 0.264 e. The number of hydrogen-bond acceptors (Lipinski definition) is 4. The van der Waals surface area contributed by atoms with Crippen LogP contribution in [0.2, 0.25) is 0 Å². The predicted molar refractivity (Wildman–Crippen MR) is 74.7 cm³/mol. The van der Waals surface area contributed by atoms with Crippen molar-refractivity contribution in [1.29, 1.82) is 0 Å². The molecule has 1 saturated carbocycles. The molecule has 3 rings (SSSR count). The third-order valence-corrected chi connectivity index (χ3v) is 4.46. The molecule has 1 aliphatic heterocycles. The number of para-hydroxylation sites is 2. The van der Waals surface area contributed by atoms with Crippen LogP contribution in [0.25, 0.3) is 0 Å². The zero-order valence-corrected chi connectivity index (χ0v) is 11.8. The second-order valence-electron chi connectivity index (χ2n) is 6.09. The fourth-order valence-corrected chi connectivity index (χ4v) is 2.62. The lowest BCUT2D eigenvalue weighted by molar-refractivity contribution is -0.133. The summed E-state index contributed by atoms with van der Waals surface area (Å²) in [5.41, 5.74) is 5.89. The summed E-state index contributed by atoms with van der Waals surface area (Å²) >= 11 is 0. The average molecular weight is 276 g/mol. The van der Waals surface area contributed by atoms with Gasteiger partial charge in [-0.25, -0.2) is 0 Å². The molecular formula is C15H20N2O3. The third kappa shape index (κ3) is 2.12. The van der Waals surface area contributed by atoms with Gasteiger partial charge >= 0.3 is 0 Å². The highest BCUT2D eigenvalue weighted by atomic mass is 16.6. The fraction of sp³-hybridized carbons (Fsp3) is 0.533. The predicted octanol–water partition coefficient (Wildman–Crippen LogP) is 1.07. The molecule has 0 aromatic heterocycles. The van der Waals surface area contributed by atoms with Crippen molar-refractivity contribution in [2.75, 3.05) is 6.61 Å². The maximum atomic E-state index is 12.2. The van der Waals surface area contributed by atoms with Crippen LogP contribution in [0.15, 0.2) is 24.3 Å². The quantitative estimate of drug-likeness (QED) is 0.847. The number of benzene rings is 1. The molecule has 5 heteroatoms. The van der Waals surface area contributed by atoms with Gasteiger partial charge in [-0.15, -0.1) is 0 Å². The molecule has 5 nitrogen and oxygen atoms in total. The number of hydrogen-bond donors (Lipinski definition) is 2. The van der Waals surface area contributed by atoms with Crippen molar-refractivity contribution in [3.63, 3.8) is 0 Å². The van der Waals surface area contributed by atoms with E-state index in [4.69, 9.17) is 15.2 Å². The van der Waals surface area contributed by atoms with Crippen LogP contribution in [0.5, 0.6) is 11.5 Å². The van der Waals surface area contributed by atoms with Crippen LogP contribution in [-0.4, -0.2) is 30.7 Å². The summed E-state index contributed by atoms with van der Waals surface area (Å²) in [7, 11) is 0. The SMILES string of the molecule is CC1(C)C(N)CC1NC(=O)C1COc2ccccc2O1. The summed E-state index contributed by atoms with van der Waals surface area (Å²) < 4.78 is 11.2. The molecule has 3 atom stereocenters. The van der Waals surface area contributed by atoms with E-state index in [2.05, 4.69) is 19.2 Å². The Balaban J connectivity index is 1.63.